The second-order valence-electron chi connectivity index (χ2n) is 5.53. The highest BCUT2D eigenvalue weighted by atomic mass is 32.2. The number of sulfonamides is 1. The van der Waals surface area contributed by atoms with Gasteiger partial charge >= 0.3 is 5.97 Å². The molecule has 2 aromatic rings. The molecule has 0 spiro atoms. The minimum Gasteiger partial charge on any atom is -0.493 e. The first kappa shape index (κ1) is 20.7. The fraction of sp³-hybridized carbons (Fsp3) is 0.278. The highest BCUT2D eigenvalue weighted by molar-refractivity contribution is 7.89. The maximum absolute atomic E-state index is 13.4. The van der Waals surface area contributed by atoms with Crippen molar-refractivity contribution in [3.63, 3.8) is 0 Å². The number of hydrogen-bond acceptors (Lipinski definition) is 6. The molecule has 0 aliphatic rings. The molecule has 7 nitrogen and oxygen atoms in total. The molecule has 0 aliphatic heterocycles. The van der Waals surface area contributed by atoms with Gasteiger partial charge in [-0.05, 0) is 35.9 Å². The van der Waals surface area contributed by atoms with E-state index in [0.717, 1.165) is 12.1 Å². The quantitative estimate of drug-likeness (QED) is 0.688. The molecule has 1 atom stereocenters. The molecule has 0 heterocycles. The molecular weight excluding hydrogens is 377 g/mol. The Kier molecular flexibility index (Phi) is 6.75. The lowest BCUT2D eigenvalue weighted by Crippen LogP contribution is -2.30. The zero-order valence-corrected chi connectivity index (χ0v) is 15.9. The van der Waals surface area contributed by atoms with E-state index in [9.17, 15) is 17.6 Å². The largest absolute Gasteiger partial charge is 0.493 e. The fourth-order valence-electron chi connectivity index (χ4n) is 2.44. The molecule has 0 saturated heterocycles. The van der Waals surface area contributed by atoms with Crippen LogP contribution < -0.4 is 14.2 Å². The maximum atomic E-state index is 13.4. The van der Waals surface area contributed by atoms with E-state index in [0.29, 0.717) is 17.1 Å². The Morgan fingerprint density at radius 2 is 1.78 bits per heavy atom. The Labute approximate surface area is 157 Å². The van der Waals surface area contributed by atoms with Gasteiger partial charge in [-0.1, -0.05) is 12.1 Å². The third kappa shape index (κ3) is 5.18. The van der Waals surface area contributed by atoms with Gasteiger partial charge in [0, 0.05) is 0 Å². The molecule has 2 rings (SSSR count). The smallest absolute Gasteiger partial charge is 0.307 e. The van der Waals surface area contributed by atoms with Gasteiger partial charge in [-0.3, -0.25) is 4.79 Å². The molecule has 146 valence electrons. The summed E-state index contributed by atoms with van der Waals surface area (Å²) in [7, 11) is 0.0211. The van der Waals surface area contributed by atoms with Crippen LogP contribution in [0, 0.1) is 5.82 Å². The number of carbonyl (C=O) groups excluding carboxylic acids is 1. The standard InChI is InChI=1S/C18H20FNO6S/c1-24-16-8-7-12(9-17(16)25-2)15(11-18(21)26-3)20-27(22,23)14-6-4-5-13(19)10-14/h4-10,15,20H,11H2,1-3H3. The van der Waals surface area contributed by atoms with E-state index in [4.69, 9.17) is 9.47 Å². The van der Waals surface area contributed by atoms with E-state index in [1.54, 1.807) is 18.2 Å². The first-order valence-electron chi connectivity index (χ1n) is 7.87. The number of carbonyl (C=O) groups is 1. The van der Waals surface area contributed by atoms with Gasteiger partial charge in [-0.25, -0.2) is 17.5 Å². The first-order chi connectivity index (χ1) is 12.8. The van der Waals surface area contributed by atoms with Crippen molar-refractivity contribution in [2.75, 3.05) is 21.3 Å². The Morgan fingerprint density at radius 1 is 1.07 bits per heavy atom. The van der Waals surface area contributed by atoms with Crippen molar-refractivity contribution in [3.8, 4) is 11.5 Å². The Bertz CT molecular complexity index is 916. The van der Waals surface area contributed by atoms with Crippen LogP contribution in [-0.4, -0.2) is 35.7 Å². The van der Waals surface area contributed by atoms with Crippen LogP contribution in [0.25, 0.3) is 0 Å². The first-order valence-corrected chi connectivity index (χ1v) is 9.35. The average Bonchev–Trinajstić information content (AvgIpc) is 2.66. The van der Waals surface area contributed by atoms with Gasteiger partial charge in [-0.2, -0.15) is 0 Å². The van der Waals surface area contributed by atoms with Crippen molar-refractivity contribution < 1.29 is 31.8 Å². The van der Waals surface area contributed by atoms with Crippen LogP contribution in [0.15, 0.2) is 47.4 Å². The van der Waals surface area contributed by atoms with Gasteiger partial charge in [0.25, 0.3) is 0 Å². The summed E-state index contributed by atoms with van der Waals surface area (Å²) in [6.45, 7) is 0. The van der Waals surface area contributed by atoms with Gasteiger partial charge in [0.15, 0.2) is 11.5 Å². The molecule has 27 heavy (non-hydrogen) atoms. The van der Waals surface area contributed by atoms with Crippen LogP contribution in [0.5, 0.6) is 11.5 Å². The van der Waals surface area contributed by atoms with E-state index >= 15 is 0 Å². The Balaban J connectivity index is 2.41. The van der Waals surface area contributed by atoms with Gasteiger partial charge < -0.3 is 14.2 Å². The minimum atomic E-state index is -4.09. The van der Waals surface area contributed by atoms with Gasteiger partial charge in [0.1, 0.15) is 5.82 Å². The third-order valence-electron chi connectivity index (χ3n) is 3.81. The number of methoxy groups -OCH3 is 3. The monoisotopic (exact) mass is 397 g/mol. The van der Waals surface area contributed by atoms with Crippen LogP contribution in [0.2, 0.25) is 0 Å². The summed E-state index contributed by atoms with van der Waals surface area (Å²) >= 11 is 0. The minimum absolute atomic E-state index is 0.252. The van der Waals surface area contributed by atoms with Gasteiger partial charge in [0.05, 0.1) is 38.7 Å². The molecule has 1 unspecified atom stereocenters. The number of rotatable bonds is 8. The molecule has 0 bridgehead atoms. The highest BCUT2D eigenvalue weighted by Gasteiger charge is 2.25. The van der Waals surface area contributed by atoms with E-state index in [-0.39, 0.29) is 11.3 Å². The van der Waals surface area contributed by atoms with Gasteiger partial charge in [-0.15, -0.1) is 0 Å². The van der Waals surface area contributed by atoms with Crippen molar-refractivity contribution in [3.05, 3.63) is 53.8 Å². The zero-order chi connectivity index (χ0) is 20.0. The molecule has 0 saturated carbocycles. The van der Waals surface area contributed by atoms with Crippen molar-refractivity contribution in [2.45, 2.75) is 17.4 Å². The second kappa shape index (κ2) is 8.83. The van der Waals surface area contributed by atoms with Crippen molar-refractivity contribution in [1.29, 1.82) is 0 Å². The molecular formula is C18H20FNO6S. The summed E-state index contributed by atoms with van der Waals surface area (Å²) in [5.41, 5.74) is 0.457. The van der Waals surface area contributed by atoms with E-state index in [1.807, 2.05) is 0 Å². The lowest BCUT2D eigenvalue weighted by atomic mass is 10.0. The maximum Gasteiger partial charge on any atom is 0.307 e. The number of benzene rings is 2. The number of ether oxygens (including phenoxy) is 3. The lowest BCUT2D eigenvalue weighted by Gasteiger charge is -2.20. The summed E-state index contributed by atoms with van der Waals surface area (Å²) in [6, 6.07) is 8.37. The molecule has 0 aliphatic carbocycles. The van der Waals surface area contributed by atoms with Gasteiger partial charge in [0.2, 0.25) is 10.0 Å². The second-order valence-corrected chi connectivity index (χ2v) is 7.24. The fourth-order valence-corrected chi connectivity index (χ4v) is 3.69. The number of esters is 1. The molecule has 0 radical (unpaired) electrons. The SMILES string of the molecule is COC(=O)CC(NS(=O)(=O)c1cccc(F)c1)c1ccc(OC)c(OC)c1. The van der Waals surface area contributed by atoms with Crippen LogP contribution in [-0.2, 0) is 19.6 Å². The average molecular weight is 397 g/mol. The summed E-state index contributed by atoms with van der Waals surface area (Å²) in [4.78, 5) is 11.5. The summed E-state index contributed by atoms with van der Waals surface area (Å²) < 4.78 is 56.1. The molecule has 0 aromatic heterocycles. The molecule has 2 aromatic carbocycles. The lowest BCUT2D eigenvalue weighted by molar-refractivity contribution is -0.141. The van der Waals surface area contributed by atoms with Crippen molar-refractivity contribution in [2.24, 2.45) is 0 Å². The summed E-state index contributed by atoms with van der Waals surface area (Å²) in [5.74, 6) is -0.480. The van der Waals surface area contributed by atoms with E-state index < -0.39 is 27.9 Å². The molecule has 0 amide bonds. The summed E-state index contributed by atoms with van der Waals surface area (Å²) in [5, 5.41) is 0. The number of hydrogen-bond donors (Lipinski definition) is 1. The van der Waals surface area contributed by atoms with Crippen molar-refractivity contribution in [1.82, 2.24) is 4.72 Å². The van der Waals surface area contributed by atoms with Crippen LogP contribution >= 0.6 is 0 Å². The predicted octanol–water partition coefficient (Wildman–Crippen LogP) is 2.43. The molecule has 0 fully saturated rings. The third-order valence-corrected chi connectivity index (χ3v) is 5.28. The predicted molar refractivity (Wildman–Crippen MR) is 95.6 cm³/mol. The summed E-state index contributed by atoms with van der Waals surface area (Å²) in [6.07, 6.45) is -0.263. The Hall–Kier alpha value is -2.65. The number of halogens is 1. The van der Waals surface area contributed by atoms with E-state index in [2.05, 4.69) is 9.46 Å². The zero-order valence-electron chi connectivity index (χ0n) is 15.1. The van der Waals surface area contributed by atoms with Crippen LogP contribution in [0.3, 0.4) is 0 Å². The topological polar surface area (TPSA) is 90.9 Å². The highest BCUT2D eigenvalue weighted by Crippen LogP contribution is 2.31. The Morgan fingerprint density at radius 3 is 2.37 bits per heavy atom. The van der Waals surface area contributed by atoms with Crippen LogP contribution in [0.1, 0.15) is 18.0 Å². The normalized spacial score (nSPS) is 12.3. The van der Waals surface area contributed by atoms with E-state index in [1.165, 1.54) is 33.5 Å². The molecule has 1 N–H and O–H groups in total. The number of nitrogens with one attached hydrogen (secondary N) is 1. The van der Waals surface area contributed by atoms with Crippen molar-refractivity contribution >= 4 is 16.0 Å². The molecule has 9 heteroatoms. The van der Waals surface area contributed by atoms with Crippen LogP contribution in [0.4, 0.5) is 4.39 Å².